The predicted molar refractivity (Wildman–Crippen MR) is 61.0 cm³/mol. The molecule has 0 aliphatic rings. The summed E-state index contributed by atoms with van der Waals surface area (Å²) in [5.41, 5.74) is 5.42. The first-order valence-electron chi connectivity index (χ1n) is 5.23. The molecule has 0 radical (unpaired) electrons. The SMILES string of the molecule is CCCC(N)CC(=O)Nc1ccc(=O)[nH]n1. The molecule has 1 atom stereocenters. The maximum Gasteiger partial charge on any atom is 0.264 e. The molecule has 88 valence electrons. The lowest BCUT2D eigenvalue weighted by Gasteiger charge is -2.09. The third-order valence-electron chi connectivity index (χ3n) is 2.05. The monoisotopic (exact) mass is 224 g/mol. The zero-order valence-electron chi connectivity index (χ0n) is 9.19. The van der Waals surface area contributed by atoms with Gasteiger partial charge in [-0.15, -0.1) is 0 Å². The molecule has 0 bridgehead atoms. The molecule has 0 aliphatic heterocycles. The van der Waals surface area contributed by atoms with Gasteiger partial charge in [-0.2, -0.15) is 5.10 Å². The van der Waals surface area contributed by atoms with E-state index < -0.39 is 0 Å². The Hall–Kier alpha value is -1.69. The Kier molecular flexibility index (Phi) is 4.65. The normalized spacial score (nSPS) is 12.1. The molecule has 1 unspecified atom stereocenters. The first-order valence-corrected chi connectivity index (χ1v) is 5.23. The highest BCUT2D eigenvalue weighted by Crippen LogP contribution is 2.02. The predicted octanol–water partition coefficient (Wildman–Crippen LogP) is 0.226. The number of nitrogens with zero attached hydrogens (tertiary/aromatic N) is 1. The van der Waals surface area contributed by atoms with E-state index in [1.165, 1.54) is 12.1 Å². The average Bonchev–Trinajstić information content (AvgIpc) is 2.21. The largest absolute Gasteiger partial charge is 0.327 e. The van der Waals surface area contributed by atoms with Crippen LogP contribution in [0.3, 0.4) is 0 Å². The number of hydrogen-bond acceptors (Lipinski definition) is 4. The average molecular weight is 224 g/mol. The minimum absolute atomic E-state index is 0.132. The second-order valence-electron chi connectivity index (χ2n) is 3.61. The number of rotatable bonds is 5. The Labute approximate surface area is 93.2 Å². The molecule has 0 aromatic carbocycles. The lowest BCUT2D eigenvalue weighted by Crippen LogP contribution is -2.27. The summed E-state index contributed by atoms with van der Waals surface area (Å²) in [6.07, 6.45) is 2.02. The van der Waals surface area contributed by atoms with Crippen LogP contribution in [0.5, 0.6) is 0 Å². The van der Waals surface area contributed by atoms with Crippen LogP contribution in [-0.4, -0.2) is 22.1 Å². The molecule has 1 amide bonds. The van der Waals surface area contributed by atoms with Crippen LogP contribution in [0, 0.1) is 0 Å². The summed E-state index contributed by atoms with van der Waals surface area (Å²) >= 11 is 0. The fourth-order valence-electron chi connectivity index (χ4n) is 1.32. The smallest absolute Gasteiger partial charge is 0.264 e. The van der Waals surface area contributed by atoms with Crippen LogP contribution in [0.4, 0.5) is 5.82 Å². The first kappa shape index (κ1) is 12.4. The zero-order valence-corrected chi connectivity index (χ0v) is 9.19. The number of aromatic amines is 1. The van der Waals surface area contributed by atoms with E-state index in [9.17, 15) is 9.59 Å². The Bertz CT molecular complexity index is 382. The van der Waals surface area contributed by atoms with Gasteiger partial charge in [0.2, 0.25) is 5.91 Å². The second-order valence-corrected chi connectivity index (χ2v) is 3.61. The van der Waals surface area contributed by atoms with Crippen LogP contribution in [0.2, 0.25) is 0 Å². The molecule has 1 aromatic heterocycles. The van der Waals surface area contributed by atoms with Crippen molar-refractivity contribution in [3.05, 3.63) is 22.5 Å². The number of carbonyl (C=O) groups excluding carboxylic acids is 1. The Balaban J connectivity index is 2.45. The fraction of sp³-hybridized carbons (Fsp3) is 0.500. The highest BCUT2D eigenvalue weighted by molar-refractivity contribution is 5.89. The van der Waals surface area contributed by atoms with Crippen LogP contribution in [0.1, 0.15) is 26.2 Å². The molecule has 0 aliphatic carbocycles. The number of nitrogens with two attached hydrogens (primary N) is 1. The summed E-state index contributed by atoms with van der Waals surface area (Å²) in [4.78, 5) is 22.2. The number of hydrogen-bond donors (Lipinski definition) is 3. The number of nitrogens with one attached hydrogen (secondary N) is 2. The highest BCUT2D eigenvalue weighted by Gasteiger charge is 2.09. The quantitative estimate of drug-likeness (QED) is 0.666. The maximum atomic E-state index is 11.5. The van der Waals surface area contributed by atoms with Crippen molar-refractivity contribution in [3.63, 3.8) is 0 Å². The van der Waals surface area contributed by atoms with Crippen LogP contribution in [-0.2, 0) is 4.79 Å². The fourth-order valence-corrected chi connectivity index (χ4v) is 1.32. The minimum Gasteiger partial charge on any atom is -0.327 e. The number of H-pyrrole nitrogens is 1. The van der Waals surface area contributed by atoms with Gasteiger partial charge in [-0.25, -0.2) is 5.10 Å². The van der Waals surface area contributed by atoms with E-state index in [0.29, 0.717) is 5.82 Å². The van der Waals surface area contributed by atoms with Crippen molar-refractivity contribution in [3.8, 4) is 0 Å². The number of aromatic nitrogens is 2. The van der Waals surface area contributed by atoms with E-state index >= 15 is 0 Å². The van der Waals surface area contributed by atoms with Crippen LogP contribution in [0.15, 0.2) is 16.9 Å². The summed E-state index contributed by atoms with van der Waals surface area (Å²) < 4.78 is 0. The molecule has 1 rings (SSSR count). The minimum atomic E-state index is -0.305. The van der Waals surface area contributed by atoms with Gasteiger partial charge in [-0.3, -0.25) is 9.59 Å². The molecule has 6 heteroatoms. The number of anilines is 1. The number of carbonyl (C=O) groups is 1. The van der Waals surface area contributed by atoms with Gasteiger partial charge < -0.3 is 11.1 Å². The van der Waals surface area contributed by atoms with Crippen molar-refractivity contribution in [2.75, 3.05) is 5.32 Å². The second kappa shape index (κ2) is 6.02. The van der Waals surface area contributed by atoms with Crippen LogP contribution < -0.4 is 16.6 Å². The highest BCUT2D eigenvalue weighted by atomic mass is 16.2. The molecule has 0 saturated heterocycles. The Morgan fingerprint density at radius 2 is 2.38 bits per heavy atom. The van der Waals surface area contributed by atoms with Crippen molar-refractivity contribution < 1.29 is 4.79 Å². The topological polar surface area (TPSA) is 101 Å². The van der Waals surface area contributed by atoms with Gasteiger partial charge in [0.15, 0.2) is 5.82 Å². The third kappa shape index (κ3) is 4.22. The van der Waals surface area contributed by atoms with Gasteiger partial charge in [0.25, 0.3) is 5.56 Å². The molecule has 4 N–H and O–H groups in total. The lowest BCUT2D eigenvalue weighted by atomic mass is 10.1. The summed E-state index contributed by atoms with van der Waals surface area (Å²) in [5.74, 6) is 0.133. The molecule has 1 heterocycles. The van der Waals surface area contributed by atoms with Crippen molar-refractivity contribution in [1.29, 1.82) is 0 Å². The summed E-state index contributed by atoms with van der Waals surface area (Å²) in [6, 6.07) is 2.61. The van der Waals surface area contributed by atoms with Crippen molar-refractivity contribution in [1.82, 2.24) is 10.2 Å². The molecule has 0 fully saturated rings. The van der Waals surface area contributed by atoms with Gasteiger partial charge in [0, 0.05) is 18.5 Å². The third-order valence-corrected chi connectivity index (χ3v) is 2.05. The molecule has 6 nitrogen and oxygen atoms in total. The van der Waals surface area contributed by atoms with E-state index in [1.807, 2.05) is 6.92 Å². The molecule has 0 saturated carbocycles. The number of amides is 1. The maximum absolute atomic E-state index is 11.5. The lowest BCUT2D eigenvalue weighted by molar-refractivity contribution is -0.116. The van der Waals surface area contributed by atoms with Gasteiger partial charge in [-0.1, -0.05) is 13.3 Å². The van der Waals surface area contributed by atoms with Gasteiger partial charge in [-0.05, 0) is 12.5 Å². The van der Waals surface area contributed by atoms with Gasteiger partial charge in [0.1, 0.15) is 0 Å². The van der Waals surface area contributed by atoms with Crippen molar-refractivity contribution in [2.24, 2.45) is 5.73 Å². The van der Waals surface area contributed by atoms with E-state index in [2.05, 4.69) is 15.5 Å². The van der Waals surface area contributed by atoms with E-state index in [0.717, 1.165) is 12.8 Å². The molecule has 16 heavy (non-hydrogen) atoms. The van der Waals surface area contributed by atoms with E-state index in [4.69, 9.17) is 5.73 Å². The Morgan fingerprint density at radius 3 is 2.94 bits per heavy atom. The standard InChI is InChI=1S/C10H16N4O2/c1-2-3-7(11)6-10(16)12-8-4-5-9(15)14-13-8/h4-5,7H,2-3,6,11H2,1H3,(H,14,15)(H,12,13,16). The van der Waals surface area contributed by atoms with Crippen LogP contribution in [0.25, 0.3) is 0 Å². The summed E-state index contributed by atoms with van der Waals surface area (Å²) in [6.45, 7) is 2.02. The van der Waals surface area contributed by atoms with Gasteiger partial charge in [0.05, 0.1) is 0 Å². The van der Waals surface area contributed by atoms with E-state index in [1.54, 1.807) is 0 Å². The first-order chi connectivity index (χ1) is 7.61. The van der Waals surface area contributed by atoms with Gasteiger partial charge >= 0.3 is 0 Å². The van der Waals surface area contributed by atoms with Crippen molar-refractivity contribution >= 4 is 11.7 Å². The van der Waals surface area contributed by atoms with Crippen LogP contribution >= 0.6 is 0 Å². The summed E-state index contributed by atoms with van der Waals surface area (Å²) in [5, 5.41) is 8.45. The summed E-state index contributed by atoms with van der Waals surface area (Å²) in [7, 11) is 0. The molecular formula is C10H16N4O2. The van der Waals surface area contributed by atoms with Crippen molar-refractivity contribution in [2.45, 2.75) is 32.2 Å². The van der Waals surface area contributed by atoms with E-state index in [-0.39, 0.29) is 23.9 Å². The molecule has 0 spiro atoms. The zero-order chi connectivity index (χ0) is 12.0. The Morgan fingerprint density at radius 1 is 1.62 bits per heavy atom. The molecular weight excluding hydrogens is 208 g/mol. The molecule has 1 aromatic rings.